The van der Waals surface area contributed by atoms with Crippen molar-refractivity contribution in [3.8, 4) is 5.75 Å². The van der Waals surface area contributed by atoms with Gasteiger partial charge in [0.25, 0.3) is 5.69 Å². The van der Waals surface area contributed by atoms with E-state index in [9.17, 15) is 14.9 Å². The Bertz CT molecular complexity index is 836. The van der Waals surface area contributed by atoms with Crippen LogP contribution in [-0.4, -0.2) is 60.5 Å². The molecule has 8 heteroatoms. The number of rotatable bonds is 8. The standard InChI is InChI=1S/C21H26N4O4/c1-29-20-8-7-19(25(27)28)13-18(20)15-23-9-11-24(12-10-23)16-21(26)22-14-17-5-3-2-4-6-17/h2-8,13H,9-12,14-16H2,1H3,(H,22,26). The molecule has 0 aliphatic carbocycles. The maximum absolute atomic E-state index is 12.2. The molecule has 0 bridgehead atoms. The number of nitro groups is 1. The highest BCUT2D eigenvalue weighted by molar-refractivity contribution is 5.78. The molecule has 0 radical (unpaired) electrons. The molecule has 1 fully saturated rings. The van der Waals surface area contributed by atoms with Gasteiger partial charge in [-0.1, -0.05) is 30.3 Å². The number of nitrogens with zero attached hydrogens (tertiary/aromatic N) is 3. The predicted octanol–water partition coefficient (Wildman–Crippen LogP) is 2.04. The van der Waals surface area contributed by atoms with E-state index in [0.717, 1.165) is 37.3 Å². The van der Waals surface area contributed by atoms with E-state index in [2.05, 4.69) is 15.1 Å². The first-order chi connectivity index (χ1) is 14.0. The van der Waals surface area contributed by atoms with Crippen LogP contribution < -0.4 is 10.1 Å². The van der Waals surface area contributed by atoms with Gasteiger partial charge in [-0.15, -0.1) is 0 Å². The van der Waals surface area contributed by atoms with Crippen LogP contribution in [0.1, 0.15) is 11.1 Å². The number of nitrogens with one attached hydrogen (secondary N) is 1. The number of ether oxygens (including phenoxy) is 1. The third-order valence-corrected chi connectivity index (χ3v) is 5.03. The Morgan fingerprint density at radius 3 is 2.45 bits per heavy atom. The maximum Gasteiger partial charge on any atom is 0.270 e. The van der Waals surface area contributed by atoms with Crippen molar-refractivity contribution in [2.45, 2.75) is 13.1 Å². The normalized spacial score (nSPS) is 15.1. The molecule has 1 aliphatic rings. The summed E-state index contributed by atoms with van der Waals surface area (Å²) in [6.07, 6.45) is 0. The Hall–Kier alpha value is -2.97. The number of piperazine rings is 1. The van der Waals surface area contributed by atoms with Gasteiger partial charge in [0.05, 0.1) is 18.6 Å². The lowest BCUT2D eigenvalue weighted by molar-refractivity contribution is -0.385. The largest absolute Gasteiger partial charge is 0.496 e. The molecule has 1 N–H and O–H groups in total. The third-order valence-electron chi connectivity index (χ3n) is 5.03. The second kappa shape index (κ2) is 9.99. The first-order valence-electron chi connectivity index (χ1n) is 9.62. The average molecular weight is 398 g/mol. The van der Waals surface area contributed by atoms with E-state index in [4.69, 9.17) is 4.74 Å². The molecule has 3 rings (SSSR count). The fraction of sp³-hybridized carbons (Fsp3) is 0.381. The van der Waals surface area contributed by atoms with Crippen LogP contribution in [0.25, 0.3) is 0 Å². The Kier molecular flexibility index (Phi) is 7.15. The second-order valence-electron chi connectivity index (χ2n) is 7.07. The molecule has 8 nitrogen and oxygen atoms in total. The minimum atomic E-state index is -0.394. The lowest BCUT2D eigenvalue weighted by atomic mass is 10.1. The van der Waals surface area contributed by atoms with Crippen molar-refractivity contribution in [2.75, 3.05) is 39.8 Å². The summed E-state index contributed by atoms with van der Waals surface area (Å²) >= 11 is 0. The van der Waals surface area contributed by atoms with E-state index in [1.165, 1.54) is 6.07 Å². The van der Waals surface area contributed by atoms with Crippen molar-refractivity contribution in [3.63, 3.8) is 0 Å². The lowest BCUT2D eigenvalue weighted by Gasteiger charge is -2.34. The van der Waals surface area contributed by atoms with Gasteiger partial charge in [0.15, 0.2) is 0 Å². The van der Waals surface area contributed by atoms with Gasteiger partial charge in [0.1, 0.15) is 5.75 Å². The van der Waals surface area contributed by atoms with Gasteiger partial charge >= 0.3 is 0 Å². The summed E-state index contributed by atoms with van der Waals surface area (Å²) in [7, 11) is 1.57. The number of amides is 1. The smallest absolute Gasteiger partial charge is 0.270 e. The molecule has 0 spiro atoms. The van der Waals surface area contributed by atoms with E-state index in [1.807, 2.05) is 30.3 Å². The topological polar surface area (TPSA) is 88.0 Å². The number of benzene rings is 2. The van der Waals surface area contributed by atoms with Crippen LogP contribution >= 0.6 is 0 Å². The summed E-state index contributed by atoms with van der Waals surface area (Å²) < 4.78 is 5.35. The van der Waals surface area contributed by atoms with Crippen molar-refractivity contribution < 1.29 is 14.5 Å². The van der Waals surface area contributed by atoms with E-state index >= 15 is 0 Å². The van der Waals surface area contributed by atoms with Gasteiger partial charge in [0, 0.05) is 57.0 Å². The molecule has 154 valence electrons. The first kappa shape index (κ1) is 20.8. The number of nitro benzene ring substituents is 1. The summed E-state index contributed by atoms with van der Waals surface area (Å²) in [4.78, 5) is 27.2. The van der Waals surface area contributed by atoms with Crippen molar-refractivity contribution in [1.29, 1.82) is 0 Å². The highest BCUT2D eigenvalue weighted by Gasteiger charge is 2.21. The highest BCUT2D eigenvalue weighted by Crippen LogP contribution is 2.25. The Balaban J connectivity index is 1.46. The fourth-order valence-electron chi connectivity index (χ4n) is 3.40. The zero-order valence-electron chi connectivity index (χ0n) is 16.5. The zero-order chi connectivity index (χ0) is 20.6. The third kappa shape index (κ3) is 6.00. The average Bonchev–Trinajstić information content (AvgIpc) is 2.74. The Morgan fingerprint density at radius 1 is 1.10 bits per heavy atom. The number of non-ortho nitro benzene ring substituents is 1. The first-order valence-corrected chi connectivity index (χ1v) is 9.62. The molecule has 0 atom stereocenters. The van der Waals surface area contributed by atoms with Crippen LogP contribution in [0, 0.1) is 10.1 Å². The predicted molar refractivity (Wildman–Crippen MR) is 110 cm³/mol. The SMILES string of the molecule is COc1ccc([N+](=O)[O-])cc1CN1CCN(CC(=O)NCc2ccccc2)CC1. The molecule has 2 aromatic rings. The van der Waals surface area contributed by atoms with Crippen LogP contribution in [-0.2, 0) is 17.9 Å². The summed E-state index contributed by atoms with van der Waals surface area (Å²) in [6, 6.07) is 14.5. The molecule has 0 aromatic heterocycles. The molecule has 1 heterocycles. The number of hydrogen-bond acceptors (Lipinski definition) is 6. The maximum atomic E-state index is 12.2. The van der Waals surface area contributed by atoms with Crippen molar-refractivity contribution in [3.05, 3.63) is 69.8 Å². The van der Waals surface area contributed by atoms with E-state index in [0.29, 0.717) is 25.4 Å². The molecular weight excluding hydrogens is 372 g/mol. The second-order valence-corrected chi connectivity index (χ2v) is 7.07. The number of methoxy groups -OCH3 is 1. The summed E-state index contributed by atoms with van der Waals surface area (Å²) in [5, 5.41) is 14.0. The van der Waals surface area contributed by atoms with Crippen molar-refractivity contribution >= 4 is 11.6 Å². The van der Waals surface area contributed by atoms with E-state index < -0.39 is 4.92 Å². The van der Waals surface area contributed by atoms with E-state index in [-0.39, 0.29) is 11.6 Å². The monoisotopic (exact) mass is 398 g/mol. The van der Waals surface area contributed by atoms with Gasteiger partial charge in [-0.05, 0) is 11.6 Å². The summed E-state index contributed by atoms with van der Waals surface area (Å²) in [5.74, 6) is 0.668. The van der Waals surface area contributed by atoms with Gasteiger partial charge in [0.2, 0.25) is 5.91 Å². The van der Waals surface area contributed by atoms with E-state index in [1.54, 1.807) is 19.2 Å². The molecule has 1 saturated heterocycles. The number of hydrogen-bond donors (Lipinski definition) is 1. The molecular formula is C21H26N4O4. The van der Waals surface area contributed by atoms with Crippen LogP contribution in [0.3, 0.4) is 0 Å². The van der Waals surface area contributed by atoms with Crippen LogP contribution in [0.4, 0.5) is 5.69 Å². The van der Waals surface area contributed by atoms with Gasteiger partial charge in [-0.2, -0.15) is 0 Å². The number of carbonyl (C=O) groups excluding carboxylic acids is 1. The summed E-state index contributed by atoms with van der Waals surface area (Å²) in [6.45, 7) is 4.62. The van der Waals surface area contributed by atoms with Crippen LogP contribution in [0.2, 0.25) is 0 Å². The van der Waals surface area contributed by atoms with Crippen LogP contribution in [0.15, 0.2) is 48.5 Å². The fourth-order valence-corrected chi connectivity index (χ4v) is 3.40. The summed E-state index contributed by atoms with van der Waals surface area (Å²) in [5.41, 5.74) is 1.95. The molecule has 1 aliphatic heterocycles. The molecule has 0 unspecified atom stereocenters. The minimum absolute atomic E-state index is 0.0163. The van der Waals surface area contributed by atoms with Crippen LogP contribution in [0.5, 0.6) is 5.75 Å². The highest BCUT2D eigenvalue weighted by atomic mass is 16.6. The molecule has 0 saturated carbocycles. The Morgan fingerprint density at radius 2 is 1.79 bits per heavy atom. The van der Waals surface area contributed by atoms with Gasteiger partial charge in [-0.3, -0.25) is 24.7 Å². The Labute approximate surface area is 170 Å². The lowest BCUT2D eigenvalue weighted by Crippen LogP contribution is -2.49. The molecule has 1 amide bonds. The number of carbonyl (C=O) groups is 1. The van der Waals surface area contributed by atoms with Gasteiger partial charge in [-0.25, -0.2) is 0 Å². The quantitative estimate of drug-likeness (QED) is 0.541. The van der Waals surface area contributed by atoms with Crippen molar-refractivity contribution in [1.82, 2.24) is 15.1 Å². The zero-order valence-corrected chi connectivity index (χ0v) is 16.5. The van der Waals surface area contributed by atoms with Crippen molar-refractivity contribution in [2.24, 2.45) is 0 Å². The molecule has 29 heavy (non-hydrogen) atoms. The van der Waals surface area contributed by atoms with Gasteiger partial charge < -0.3 is 10.1 Å². The molecule has 2 aromatic carbocycles. The minimum Gasteiger partial charge on any atom is -0.496 e.